The SMILES string of the molecule is CCC.CCCCCn1cc(-c2cccnc2)nc1C.CC[C@@H]1CC(C)[C@@H](C)C(=O)[C@H](C)C[C@H](C)[C@H](O[C@H]2C[C@@H](N(C)C)C[C@@H](C)O2)[C@@H](C)C(=O)[C@@H](C)C(=O)O1.COC(C)=O. The lowest BCUT2D eigenvalue weighted by molar-refractivity contribution is -0.236. The maximum Gasteiger partial charge on any atom is 0.316 e. The molecule has 0 N–H and O–H groups in total. The van der Waals surface area contributed by atoms with Crippen molar-refractivity contribution in [2.24, 2.45) is 35.5 Å². The smallest absolute Gasteiger partial charge is 0.316 e. The Morgan fingerprint density at radius 3 is 2.08 bits per heavy atom. The van der Waals surface area contributed by atoms with Gasteiger partial charge in [0.2, 0.25) is 0 Å². The van der Waals surface area contributed by atoms with Crippen LogP contribution >= 0.6 is 0 Å². The second kappa shape index (κ2) is 29.0. The van der Waals surface area contributed by atoms with Crippen molar-refractivity contribution >= 4 is 23.5 Å². The third-order valence-electron chi connectivity index (χ3n) is 11.9. The first-order chi connectivity index (χ1) is 28.8. The van der Waals surface area contributed by atoms with Crippen LogP contribution < -0.4 is 0 Å². The lowest BCUT2D eigenvalue weighted by Crippen LogP contribution is -2.47. The average Bonchev–Trinajstić information content (AvgIpc) is 3.61. The van der Waals surface area contributed by atoms with E-state index in [1.165, 1.54) is 39.7 Å². The second-order valence-electron chi connectivity index (χ2n) is 17.7. The van der Waals surface area contributed by atoms with E-state index < -0.39 is 30.2 Å². The highest BCUT2D eigenvalue weighted by Gasteiger charge is 2.41. The fourth-order valence-corrected chi connectivity index (χ4v) is 7.81. The van der Waals surface area contributed by atoms with Gasteiger partial charge in [-0.05, 0) is 90.9 Å². The largest absolute Gasteiger partial charge is 0.469 e. The Morgan fingerprint density at radius 1 is 0.902 bits per heavy atom. The highest BCUT2D eigenvalue weighted by atomic mass is 16.7. The van der Waals surface area contributed by atoms with Gasteiger partial charge in [0.15, 0.2) is 12.1 Å². The number of ether oxygens (including phenoxy) is 4. The summed E-state index contributed by atoms with van der Waals surface area (Å²) in [5.74, 6) is -1.32. The van der Waals surface area contributed by atoms with Crippen molar-refractivity contribution in [3.8, 4) is 11.3 Å². The van der Waals surface area contributed by atoms with E-state index in [1.54, 1.807) is 13.1 Å². The number of hydrogen-bond acceptors (Lipinski definition) is 11. The molecule has 2 aliphatic heterocycles. The Morgan fingerprint density at radius 2 is 1.54 bits per heavy atom. The van der Waals surface area contributed by atoms with Crippen molar-refractivity contribution in [2.45, 2.75) is 185 Å². The van der Waals surface area contributed by atoms with Crippen molar-refractivity contribution < 1.29 is 38.1 Å². The Balaban J connectivity index is 0.000000608. The van der Waals surface area contributed by atoms with Gasteiger partial charge in [-0.15, -0.1) is 0 Å². The third kappa shape index (κ3) is 19.2. The van der Waals surface area contributed by atoms with E-state index in [-0.39, 0.29) is 53.4 Å². The molecule has 4 rings (SSSR count). The molecule has 2 aromatic rings. The minimum Gasteiger partial charge on any atom is -0.469 e. The summed E-state index contributed by atoms with van der Waals surface area (Å²) in [4.78, 5) is 60.3. The molecular formula is C49H84N4O8. The lowest BCUT2D eigenvalue weighted by atomic mass is 9.77. The van der Waals surface area contributed by atoms with Crippen molar-refractivity contribution in [3.63, 3.8) is 0 Å². The molecule has 2 aromatic heterocycles. The van der Waals surface area contributed by atoms with E-state index in [1.807, 2.05) is 66.8 Å². The summed E-state index contributed by atoms with van der Waals surface area (Å²) >= 11 is 0. The molecule has 0 aliphatic carbocycles. The number of nitrogens with zero attached hydrogens (tertiary/aromatic N) is 4. The van der Waals surface area contributed by atoms with Gasteiger partial charge in [-0.2, -0.15) is 0 Å². The summed E-state index contributed by atoms with van der Waals surface area (Å²) < 4.78 is 24.8. The number of aryl methyl sites for hydroxylation is 2. The van der Waals surface area contributed by atoms with Crippen molar-refractivity contribution in [1.29, 1.82) is 0 Å². The van der Waals surface area contributed by atoms with Gasteiger partial charge in [0, 0.05) is 67.8 Å². The van der Waals surface area contributed by atoms with Gasteiger partial charge >= 0.3 is 11.9 Å². The minimum atomic E-state index is -0.872. The van der Waals surface area contributed by atoms with Crippen LogP contribution in [-0.4, -0.2) is 94.8 Å². The first-order valence-corrected chi connectivity index (χ1v) is 23.0. The first-order valence-electron chi connectivity index (χ1n) is 23.0. The number of hydrogen-bond donors (Lipinski definition) is 0. The van der Waals surface area contributed by atoms with E-state index in [2.05, 4.69) is 72.2 Å². The fourth-order valence-electron chi connectivity index (χ4n) is 7.81. The molecule has 12 heteroatoms. The van der Waals surface area contributed by atoms with Crippen molar-refractivity contribution in [3.05, 3.63) is 36.5 Å². The fraction of sp³-hybridized carbons (Fsp3) is 0.755. The maximum atomic E-state index is 13.5. The predicted molar refractivity (Wildman–Crippen MR) is 244 cm³/mol. The van der Waals surface area contributed by atoms with Gasteiger partial charge in [0.1, 0.15) is 23.6 Å². The molecule has 0 saturated carbocycles. The summed E-state index contributed by atoms with van der Waals surface area (Å²) in [6.07, 6.45) is 13.1. The number of cyclic esters (lactones) is 1. The third-order valence-corrected chi connectivity index (χ3v) is 11.9. The zero-order chi connectivity index (χ0) is 46.4. The summed E-state index contributed by atoms with van der Waals surface area (Å²) in [5, 5.41) is 0. The topological polar surface area (TPSA) is 139 Å². The highest BCUT2D eigenvalue weighted by molar-refractivity contribution is 6.00. The zero-order valence-corrected chi connectivity index (χ0v) is 40.9. The van der Waals surface area contributed by atoms with E-state index in [0.717, 1.165) is 30.0 Å². The lowest BCUT2D eigenvalue weighted by Gasteiger charge is -2.41. The molecule has 0 bridgehead atoms. The highest BCUT2D eigenvalue weighted by Crippen LogP contribution is 2.34. The number of Topliss-reactive ketones (excluding diaryl/α,β-unsaturated/α-hetero) is 2. The summed E-state index contributed by atoms with van der Waals surface area (Å²) in [7, 11) is 5.47. The summed E-state index contributed by atoms with van der Waals surface area (Å²) in [6, 6.07) is 4.31. The number of unbranched alkanes of at least 4 members (excludes halogenated alkanes) is 2. The number of ketones is 2. The van der Waals surface area contributed by atoms with Gasteiger partial charge in [-0.3, -0.25) is 24.2 Å². The van der Waals surface area contributed by atoms with Crippen LogP contribution in [0.3, 0.4) is 0 Å². The maximum absolute atomic E-state index is 13.5. The second-order valence-corrected chi connectivity index (χ2v) is 17.7. The Labute approximate surface area is 369 Å². The normalized spacial score (nSPS) is 28.7. The number of rotatable bonds is 9. The number of carbonyl (C=O) groups excluding carboxylic acids is 4. The number of esters is 2. The molecule has 2 fully saturated rings. The quantitative estimate of drug-likeness (QED) is 0.135. The molecule has 11 atom stereocenters. The molecule has 0 aromatic carbocycles. The number of pyridine rings is 1. The molecule has 348 valence electrons. The predicted octanol–water partition coefficient (Wildman–Crippen LogP) is 9.94. The molecule has 0 amide bonds. The molecule has 0 spiro atoms. The van der Waals surface area contributed by atoms with Crippen LogP contribution in [0.5, 0.6) is 0 Å². The number of carbonyl (C=O) groups is 4. The number of aromatic nitrogens is 3. The standard InChI is InChI=1S/C29H51NO6.C14H19N3.C3H6O2.C3H8/c1-11-24-13-16(2)20(6)26(31)17(3)12-18(4)28(21(7)27(32)22(8)29(33)35-24)36-25-15-23(30(9)10)14-19(5)34-25;1-3-4-5-9-17-11-14(16-12(17)2)13-7-6-8-15-10-13;1-3(4)5-2;1-3-2/h16-25,28H,11-15H2,1-10H3;6-8,10-11H,3-5,9H2,1-2H3;1-2H3;3H2,1-2H3/t16?,17-,18+,19-,20-,21+,22-,23+,24-,25+,28+;;;/m1.../s1. The van der Waals surface area contributed by atoms with E-state index in [9.17, 15) is 19.2 Å². The molecule has 2 saturated heterocycles. The van der Waals surface area contributed by atoms with Crippen LogP contribution in [-0.2, 0) is 44.7 Å². The van der Waals surface area contributed by atoms with Gasteiger partial charge in [0.25, 0.3) is 0 Å². The Bertz CT molecular complexity index is 1560. The van der Waals surface area contributed by atoms with Crippen molar-refractivity contribution in [2.75, 3.05) is 21.2 Å². The Hall–Kier alpha value is -3.48. The van der Waals surface area contributed by atoms with Gasteiger partial charge in [-0.1, -0.05) is 81.6 Å². The van der Waals surface area contributed by atoms with Gasteiger partial charge in [0.05, 0.1) is 25.0 Å². The molecule has 2 aliphatic rings. The number of imidazole rings is 1. The van der Waals surface area contributed by atoms with Crippen LogP contribution in [0.2, 0.25) is 0 Å². The number of methoxy groups -OCH3 is 1. The van der Waals surface area contributed by atoms with Crippen LogP contribution in [0.25, 0.3) is 11.3 Å². The van der Waals surface area contributed by atoms with Gasteiger partial charge < -0.3 is 28.4 Å². The Kier molecular flexibility index (Phi) is 26.4. The van der Waals surface area contributed by atoms with E-state index in [4.69, 9.17) is 14.2 Å². The van der Waals surface area contributed by atoms with Crippen molar-refractivity contribution in [1.82, 2.24) is 19.4 Å². The van der Waals surface area contributed by atoms with E-state index >= 15 is 0 Å². The molecule has 12 nitrogen and oxygen atoms in total. The van der Waals surface area contributed by atoms with Crippen LogP contribution in [0, 0.1) is 42.4 Å². The monoisotopic (exact) mass is 857 g/mol. The molecule has 4 heterocycles. The molecular weight excluding hydrogens is 773 g/mol. The first kappa shape index (κ1) is 55.5. The molecule has 1 unspecified atom stereocenters. The zero-order valence-electron chi connectivity index (χ0n) is 40.9. The summed E-state index contributed by atoms with van der Waals surface area (Å²) in [5.41, 5.74) is 2.11. The minimum absolute atomic E-state index is 0.0405. The van der Waals surface area contributed by atoms with E-state index in [0.29, 0.717) is 31.7 Å². The average molecular weight is 857 g/mol. The van der Waals surface area contributed by atoms with Crippen LogP contribution in [0.1, 0.15) is 147 Å². The van der Waals surface area contributed by atoms with Gasteiger partial charge in [-0.25, -0.2) is 4.98 Å². The molecule has 0 radical (unpaired) electrons. The summed E-state index contributed by atoms with van der Waals surface area (Å²) in [6.45, 7) is 26.5. The van der Waals surface area contributed by atoms with Crippen LogP contribution in [0.4, 0.5) is 0 Å². The molecule has 61 heavy (non-hydrogen) atoms. The van der Waals surface area contributed by atoms with Crippen LogP contribution in [0.15, 0.2) is 30.7 Å².